The molecule has 0 unspecified atom stereocenters. The van der Waals surface area contributed by atoms with Crippen molar-refractivity contribution in [3.63, 3.8) is 0 Å². The highest BCUT2D eigenvalue weighted by atomic mass is 19.1. The van der Waals surface area contributed by atoms with Crippen LogP contribution in [0.4, 0.5) is 4.39 Å². The van der Waals surface area contributed by atoms with Gasteiger partial charge in [0.05, 0.1) is 6.04 Å². The normalized spacial score (nSPS) is 22.0. The van der Waals surface area contributed by atoms with E-state index in [-0.39, 0.29) is 35.5 Å². The van der Waals surface area contributed by atoms with E-state index in [0.717, 1.165) is 18.4 Å². The van der Waals surface area contributed by atoms with Crippen LogP contribution in [0.3, 0.4) is 0 Å². The second kappa shape index (κ2) is 6.91. The number of halogens is 1. The zero-order chi connectivity index (χ0) is 17.3. The number of carbonyl (C=O) groups excluding carboxylic acids is 2. The molecule has 1 saturated heterocycles. The minimum Gasteiger partial charge on any atom is -0.340 e. The first-order chi connectivity index (χ1) is 11.5. The lowest BCUT2D eigenvalue weighted by Crippen LogP contribution is -2.47. The summed E-state index contributed by atoms with van der Waals surface area (Å²) in [5, 5.41) is 0. The summed E-state index contributed by atoms with van der Waals surface area (Å²) in [6.07, 6.45) is 2.33. The predicted octanol–water partition coefficient (Wildman–Crippen LogP) is 2.82. The van der Waals surface area contributed by atoms with Gasteiger partial charge in [0.2, 0.25) is 11.8 Å². The Morgan fingerprint density at radius 3 is 2.50 bits per heavy atom. The van der Waals surface area contributed by atoms with Crippen LogP contribution in [0.2, 0.25) is 0 Å². The van der Waals surface area contributed by atoms with Gasteiger partial charge in [0.1, 0.15) is 5.82 Å². The number of hydrogen-bond donors (Lipinski definition) is 0. The molecule has 1 aromatic rings. The van der Waals surface area contributed by atoms with E-state index in [9.17, 15) is 14.0 Å². The molecule has 0 bridgehead atoms. The molecule has 1 aliphatic carbocycles. The van der Waals surface area contributed by atoms with Crippen molar-refractivity contribution in [2.75, 3.05) is 13.1 Å². The van der Waals surface area contributed by atoms with Crippen molar-refractivity contribution in [1.29, 1.82) is 0 Å². The van der Waals surface area contributed by atoms with Gasteiger partial charge >= 0.3 is 0 Å². The van der Waals surface area contributed by atoms with Gasteiger partial charge in [-0.2, -0.15) is 0 Å². The maximum absolute atomic E-state index is 13.1. The van der Waals surface area contributed by atoms with E-state index in [2.05, 4.69) is 13.8 Å². The quantitative estimate of drug-likeness (QED) is 0.851. The molecule has 1 atom stereocenters. The third-order valence-electron chi connectivity index (χ3n) is 5.00. The molecule has 24 heavy (non-hydrogen) atoms. The zero-order valence-electron chi connectivity index (χ0n) is 14.4. The van der Waals surface area contributed by atoms with E-state index in [1.54, 1.807) is 12.1 Å². The van der Waals surface area contributed by atoms with Crippen LogP contribution in [0.1, 0.15) is 38.7 Å². The van der Waals surface area contributed by atoms with E-state index in [0.29, 0.717) is 26.1 Å². The third-order valence-corrected chi connectivity index (χ3v) is 5.00. The SMILES string of the molecule is CC(C)[C@H]1CN(C(=O)C2CC2)CCC(=O)N1Cc1ccc(F)cc1. The number of benzene rings is 1. The first kappa shape index (κ1) is 16.9. The Hall–Kier alpha value is -1.91. The van der Waals surface area contributed by atoms with Crippen molar-refractivity contribution >= 4 is 11.8 Å². The Bertz CT molecular complexity index is 610. The van der Waals surface area contributed by atoms with Crippen molar-refractivity contribution < 1.29 is 14.0 Å². The smallest absolute Gasteiger partial charge is 0.225 e. The summed E-state index contributed by atoms with van der Waals surface area (Å²) in [5.41, 5.74) is 0.914. The number of nitrogens with zero attached hydrogens (tertiary/aromatic N) is 2. The minimum absolute atomic E-state index is 0.00671. The molecule has 3 rings (SSSR count). The van der Waals surface area contributed by atoms with Crippen LogP contribution in [0.5, 0.6) is 0 Å². The Morgan fingerprint density at radius 2 is 1.92 bits per heavy atom. The Kier molecular flexibility index (Phi) is 4.88. The standard InChI is InChI=1S/C19H25FN2O2/c1-13(2)17-12-21(19(24)15-5-6-15)10-9-18(23)22(17)11-14-3-7-16(20)8-4-14/h3-4,7-8,13,15,17H,5-6,9-12H2,1-2H3/t17-/m1/s1. The summed E-state index contributed by atoms with van der Waals surface area (Å²) in [6.45, 7) is 5.74. The van der Waals surface area contributed by atoms with E-state index < -0.39 is 0 Å². The lowest BCUT2D eigenvalue weighted by atomic mass is 10.0. The first-order valence-electron chi connectivity index (χ1n) is 8.78. The van der Waals surface area contributed by atoms with Gasteiger partial charge < -0.3 is 9.80 Å². The summed E-state index contributed by atoms with van der Waals surface area (Å²) in [6, 6.07) is 6.28. The van der Waals surface area contributed by atoms with Gasteiger partial charge in [-0.25, -0.2) is 4.39 Å². The molecule has 0 N–H and O–H groups in total. The van der Waals surface area contributed by atoms with Crippen LogP contribution in [0.15, 0.2) is 24.3 Å². The van der Waals surface area contributed by atoms with Crippen LogP contribution in [0, 0.1) is 17.7 Å². The molecule has 5 heteroatoms. The maximum Gasteiger partial charge on any atom is 0.225 e. The molecular weight excluding hydrogens is 307 g/mol. The Labute approximate surface area is 142 Å². The molecule has 2 fully saturated rings. The lowest BCUT2D eigenvalue weighted by molar-refractivity contribution is -0.134. The largest absolute Gasteiger partial charge is 0.340 e. The highest BCUT2D eigenvalue weighted by molar-refractivity contribution is 5.83. The molecule has 0 spiro atoms. The van der Waals surface area contributed by atoms with Gasteiger partial charge in [-0.1, -0.05) is 26.0 Å². The summed E-state index contributed by atoms with van der Waals surface area (Å²) in [4.78, 5) is 28.9. The first-order valence-corrected chi connectivity index (χ1v) is 8.78. The maximum atomic E-state index is 13.1. The second-order valence-electron chi connectivity index (χ2n) is 7.27. The van der Waals surface area contributed by atoms with E-state index in [1.807, 2.05) is 9.80 Å². The molecule has 4 nitrogen and oxygen atoms in total. The monoisotopic (exact) mass is 332 g/mol. The Balaban J connectivity index is 1.78. The zero-order valence-corrected chi connectivity index (χ0v) is 14.4. The van der Waals surface area contributed by atoms with Crippen molar-refractivity contribution in [3.05, 3.63) is 35.6 Å². The molecule has 1 aromatic carbocycles. The highest BCUT2D eigenvalue weighted by Crippen LogP contribution is 2.32. The fourth-order valence-corrected chi connectivity index (χ4v) is 3.33. The average molecular weight is 332 g/mol. The third kappa shape index (κ3) is 3.77. The van der Waals surface area contributed by atoms with Crippen molar-refractivity contribution in [1.82, 2.24) is 9.80 Å². The van der Waals surface area contributed by atoms with Crippen LogP contribution in [-0.4, -0.2) is 40.7 Å². The molecule has 1 aliphatic heterocycles. The molecule has 2 amide bonds. The average Bonchev–Trinajstić information content (AvgIpc) is 3.39. The van der Waals surface area contributed by atoms with Crippen molar-refractivity contribution in [3.8, 4) is 0 Å². The van der Waals surface area contributed by atoms with Crippen molar-refractivity contribution in [2.45, 2.75) is 45.7 Å². The minimum atomic E-state index is -0.275. The van der Waals surface area contributed by atoms with Crippen molar-refractivity contribution in [2.24, 2.45) is 11.8 Å². The van der Waals surface area contributed by atoms with Crippen LogP contribution >= 0.6 is 0 Å². The summed E-state index contributed by atoms with van der Waals surface area (Å²) in [7, 11) is 0. The van der Waals surface area contributed by atoms with Gasteiger partial charge in [-0.15, -0.1) is 0 Å². The predicted molar refractivity (Wildman–Crippen MR) is 89.5 cm³/mol. The molecule has 1 saturated carbocycles. The van der Waals surface area contributed by atoms with Gasteiger partial charge in [-0.05, 0) is 36.5 Å². The molecule has 1 heterocycles. The summed E-state index contributed by atoms with van der Waals surface area (Å²) in [5.74, 6) is 0.433. The topological polar surface area (TPSA) is 40.6 Å². The van der Waals surface area contributed by atoms with Crippen LogP contribution < -0.4 is 0 Å². The number of hydrogen-bond acceptors (Lipinski definition) is 2. The summed E-state index contributed by atoms with van der Waals surface area (Å²) < 4.78 is 13.1. The van der Waals surface area contributed by atoms with Crippen LogP contribution in [-0.2, 0) is 16.1 Å². The van der Waals surface area contributed by atoms with Gasteiger partial charge in [0, 0.05) is 32.0 Å². The number of amides is 2. The number of rotatable bonds is 4. The van der Waals surface area contributed by atoms with Gasteiger partial charge in [0.25, 0.3) is 0 Å². The van der Waals surface area contributed by atoms with Crippen LogP contribution in [0.25, 0.3) is 0 Å². The van der Waals surface area contributed by atoms with E-state index >= 15 is 0 Å². The van der Waals surface area contributed by atoms with Gasteiger partial charge in [-0.3, -0.25) is 9.59 Å². The van der Waals surface area contributed by atoms with Gasteiger partial charge in [0.15, 0.2) is 0 Å². The Morgan fingerprint density at radius 1 is 1.25 bits per heavy atom. The molecule has 130 valence electrons. The molecule has 0 aromatic heterocycles. The molecule has 2 aliphatic rings. The fraction of sp³-hybridized carbons (Fsp3) is 0.579. The summed E-state index contributed by atoms with van der Waals surface area (Å²) >= 11 is 0. The number of carbonyl (C=O) groups is 2. The molecule has 0 radical (unpaired) electrons. The fourth-order valence-electron chi connectivity index (χ4n) is 3.33. The highest BCUT2D eigenvalue weighted by Gasteiger charge is 2.38. The lowest BCUT2D eigenvalue weighted by Gasteiger charge is -2.35. The molecular formula is C19H25FN2O2. The van der Waals surface area contributed by atoms with E-state index in [4.69, 9.17) is 0 Å². The second-order valence-corrected chi connectivity index (χ2v) is 7.27. The van der Waals surface area contributed by atoms with E-state index in [1.165, 1.54) is 12.1 Å².